The van der Waals surface area contributed by atoms with Gasteiger partial charge in [0.05, 0.1) is 17.2 Å². The van der Waals surface area contributed by atoms with Crippen molar-refractivity contribution in [3.8, 4) is 5.75 Å². The lowest BCUT2D eigenvalue weighted by molar-refractivity contribution is 0.102. The molecule has 0 atom stereocenters. The summed E-state index contributed by atoms with van der Waals surface area (Å²) in [7, 11) is 0. The van der Waals surface area contributed by atoms with E-state index in [9.17, 15) is 4.79 Å². The van der Waals surface area contributed by atoms with E-state index in [0.29, 0.717) is 19.7 Å². The standard InChI is InChI=1S/C16H21N3O2S/c1-4-21-14-7-5-13(6-8-14)18-16-19(10-9-17)11(2)15(22-16)12(3)20/h5-8H,4,9-10,17H2,1-3H3. The third kappa shape index (κ3) is 3.64. The van der Waals surface area contributed by atoms with Crippen molar-refractivity contribution in [2.75, 3.05) is 13.2 Å². The Morgan fingerprint density at radius 1 is 1.36 bits per heavy atom. The zero-order valence-electron chi connectivity index (χ0n) is 13.1. The van der Waals surface area contributed by atoms with Crippen molar-refractivity contribution in [1.82, 2.24) is 4.57 Å². The zero-order chi connectivity index (χ0) is 16.1. The third-order valence-corrected chi connectivity index (χ3v) is 4.48. The Bertz CT molecular complexity index is 714. The van der Waals surface area contributed by atoms with Crippen LogP contribution in [0.25, 0.3) is 0 Å². The van der Waals surface area contributed by atoms with Crippen LogP contribution in [0.15, 0.2) is 29.3 Å². The van der Waals surface area contributed by atoms with Gasteiger partial charge in [-0.05, 0) is 38.1 Å². The highest BCUT2D eigenvalue weighted by Gasteiger charge is 2.12. The first kappa shape index (κ1) is 16.5. The second-order valence-electron chi connectivity index (χ2n) is 4.83. The molecule has 0 aliphatic carbocycles. The van der Waals surface area contributed by atoms with Gasteiger partial charge in [0.25, 0.3) is 0 Å². The second-order valence-corrected chi connectivity index (χ2v) is 5.81. The minimum absolute atomic E-state index is 0.0569. The summed E-state index contributed by atoms with van der Waals surface area (Å²) in [6, 6.07) is 7.59. The molecule has 1 aromatic heterocycles. The number of hydrogen-bond donors (Lipinski definition) is 1. The number of nitrogens with two attached hydrogens (primary N) is 1. The summed E-state index contributed by atoms with van der Waals surface area (Å²) in [6.07, 6.45) is 0. The van der Waals surface area contributed by atoms with Crippen LogP contribution in [-0.2, 0) is 6.54 Å². The van der Waals surface area contributed by atoms with Gasteiger partial charge in [0, 0.05) is 25.7 Å². The molecular formula is C16H21N3O2S. The first-order valence-corrected chi connectivity index (χ1v) is 8.07. The molecule has 1 heterocycles. The number of aromatic nitrogens is 1. The molecule has 0 saturated heterocycles. The normalized spacial score (nSPS) is 11.7. The predicted molar refractivity (Wildman–Crippen MR) is 88.9 cm³/mol. The van der Waals surface area contributed by atoms with Gasteiger partial charge in [-0.2, -0.15) is 0 Å². The molecule has 2 aromatic rings. The Morgan fingerprint density at radius 3 is 2.59 bits per heavy atom. The number of benzene rings is 1. The summed E-state index contributed by atoms with van der Waals surface area (Å²) >= 11 is 1.40. The van der Waals surface area contributed by atoms with Gasteiger partial charge in [0.2, 0.25) is 0 Å². The fraction of sp³-hybridized carbons (Fsp3) is 0.375. The molecule has 22 heavy (non-hydrogen) atoms. The molecule has 0 aliphatic rings. The van der Waals surface area contributed by atoms with Gasteiger partial charge in [-0.3, -0.25) is 4.79 Å². The molecule has 1 aromatic carbocycles. The fourth-order valence-corrected chi connectivity index (χ4v) is 3.26. The molecule has 0 amide bonds. The highest BCUT2D eigenvalue weighted by atomic mass is 32.1. The largest absolute Gasteiger partial charge is 0.494 e. The monoisotopic (exact) mass is 319 g/mol. The first-order valence-electron chi connectivity index (χ1n) is 7.25. The number of hydrogen-bond acceptors (Lipinski definition) is 5. The molecule has 6 heteroatoms. The van der Waals surface area contributed by atoms with Crippen molar-refractivity contribution < 1.29 is 9.53 Å². The molecular weight excluding hydrogens is 298 g/mol. The van der Waals surface area contributed by atoms with Crippen LogP contribution in [0.2, 0.25) is 0 Å². The summed E-state index contributed by atoms with van der Waals surface area (Å²) in [6.45, 7) is 7.24. The number of nitrogens with zero attached hydrogens (tertiary/aromatic N) is 2. The molecule has 0 aliphatic heterocycles. The molecule has 0 saturated carbocycles. The Hall–Kier alpha value is -1.92. The van der Waals surface area contributed by atoms with Crippen molar-refractivity contribution in [3.05, 3.63) is 39.6 Å². The van der Waals surface area contributed by atoms with Crippen LogP contribution in [0.3, 0.4) is 0 Å². The molecule has 0 spiro atoms. The van der Waals surface area contributed by atoms with Crippen LogP contribution in [-0.4, -0.2) is 23.5 Å². The van der Waals surface area contributed by atoms with Gasteiger partial charge in [0.1, 0.15) is 5.75 Å². The summed E-state index contributed by atoms with van der Waals surface area (Å²) in [5.74, 6) is 0.879. The lowest BCUT2D eigenvalue weighted by Crippen LogP contribution is -2.21. The van der Waals surface area contributed by atoms with E-state index in [0.717, 1.165) is 26.8 Å². The van der Waals surface area contributed by atoms with Crippen LogP contribution in [0, 0.1) is 6.92 Å². The SMILES string of the molecule is CCOc1ccc(N=c2sc(C(C)=O)c(C)n2CCN)cc1. The van der Waals surface area contributed by atoms with Crippen molar-refractivity contribution in [2.45, 2.75) is 27.3 Å². The van der Waals surface area contributed by atoms with Gasteiger partial charge < -0.3 is 15.0 Å². The lowest BCUT2D eigenvalue weighted by Gasteiger charge is -2.04. The summed E-state index contributed by atoms with van der Waals surface area (Å²) in [5.41, 5.74) is 7.42. The van der Waals surface area contributed by atoms with E-state index in [-0.39, 0.29) is 5.78 Å². The topological polar surface area (TPSA) is 69.6 Å². The lowest BCUT2D eigenvalue weighted by atomic mass is 10.3. The smallest absolute Gasteiger partial charge is 0.190 e. The van der Waals surface area contributed by atoms with E-state index >= 15 is 0 Å². The zero-order valence-corrected chi connectivity index (χ0v) is 13.9. The molecule has 2 N–H and O–H groups in total. The molecule has 0 bridgehead atoms. The number of thiazole rings is 1. The maximum absolute atomic E-state index is 11.7. The number of Topliss-reactive ketones (excluding diaryl/α,β-unsaturated/α-hetero) is 1. The maximum atomic E-state index is 11.7. The van der Waals surface area contributed by atoms with Crippen molar-refractivity contribution in [2.24, 2.45) is 10.7 Å². The van der Waals surface area contributed by atoms with E-state index in [2.05, 4.69) is 4.99 Å². The predicted octanol–water partition coefficient (Wildman–Crippen LogP) is 2.65. The summed E-state index contributed by atoms with van der Waals surface area (Å²) < 4.78 is 7.42. The minimum atomic E-state index is 0.0569. The third-order valence-electron chi connectivity index (χ3n) is 3.20. The number of ketones is 1. The average Bonchev–Trinajstić information content (AvgIpc) is 2.79. The van der Waals surface area contributed by atoms with Crippen molar-refractivity contribution in [3.63, 3.8) is 0 Å². The molecule has 118 valence electrons. The van der Waals surface area contributed by atoms with E-state index in [4.69, 9.17) is 10.5 Å². The highest BCUT2D eigenvalue weighted by molar-refractivity contribution is 7.11. The van der Waals surface area contributed by atoms with Gasteiger partial charge in [-0.1, -0.05) is 11.3 Å². The van der Waals surface area contributed by atoms with E-state index in [1.807, 2.05) is 42.7 Å². The quantitative estimate of drug-likeness (QED) is 0.832. The Kier molecular flexibility index (Phi) is 5.51. The second kappa shape index (κ2) is 7.38. The number of carbonyl (C=O) groups excluding carboxylic acids is 1. The van der Waals surface area contributed by atoms with Crippen LogP contribution < -0.4 is 15.3 Å². The van der Waals surface area contributed by atoms with Gasteiger partial charge in [0.15, 0.2) is 10.6 Å². The van der Waals surface area contributed by atoms with Crippen LogP contribution >= 0.6 is 11.3 Å². The summed E-state index contributed by atoms with van der Waals surface area (Å²) in [4.78, 5) is 17.9. The summed E-state index contributed by atoms with van der Waals surface area (Å²) in [5, 5.41) is 0. The van der Waals surface area contributed by atoms with Gasteiger partial charge >= 0.3 is 0 Å². The van der Waals surface area contributed by atoms with Crippen molar-refractivity contribution >= 4 is 22.8 Å². The molecule has 0 radical (unpaired) electrons. The number of rotatable bonds is 6. The molecule has 0 unspecified atom stereocenters. The Morgan fingerprint density at radius 2 is 2.05 bits per heavy atom. The average molecular weight is 319 g/mol. The highest BCUT2D eigenvalue weighted by Crippen LogP contribution is 2.19. The maximum Gasteiger partial charge on any atom is 0.190 e. The van der Waals surface area contributed by atoms with E-state index in [1.54, 1.807) is 6.92 Å². The van der Waals surface area contributed by atoms with Crippen LogP contribution in [0.4, 0.5) is 5.69 Å². The van der Waals surface area contributed by atoms with E-state index < -0.39 is 0 Å². The fourth-order valence-electron chi connectivity index (χ4n) is 2.18. The van der Waals surface area contributed by atoms with Crippen LogP contribution in [0.5, 0.6) is 5.75 Å². The minimum Gasteiger partial charge on any atom is -0.494 e. The molecule has 0 fully saturated rings. The van der Waals surface area contributed by atoms with Gasteiger partial charge in [-0.15, -0.1) is 0 Å². The first-order chi connectivity index (χ1) is 10.6. The molecule has 2 rings (SSSR count). The molecule has 5 nitrogen and oxygen atoms in total. The van der Waals surface area contributed by atoms with Gasteiger partial charge in [-0.25, -0.2) is 4.99 Å². The van der Waals surface area contributed by atoms with Crippen molar-refractivity contribution in [1.29, 1.82) is 0 Å². The number of ether oxygens (including phenoxy) is 1. The van der Waals surface area contributed by atoms with E-state index in [1.165, 1.54) is 11.3 Å². The number of carbonyl (C=O) groups is 1. The Labute approximate surface area is 134 Å². The Balaban J connectivity index is 2.45. The van der Waals surface area contributed by atoms with Crippen LogP contribution in [0.1, 0.15) is 29.2 Å².